The number of nitrogens with zero attached hydrogens (tertiary/aromatic N) is 2. The predicted molar refractivity (Wildman–Crippen MR) is 68.9 cm³/mol. The molecule has 6 heteroatoms. The highest BCUT2D eigenvalue weighted by atomic mass is 32.2. The fourth-order valence-electron chi connectivity index (χ4n) is 2.87. The second kappa shape index (κ2) is 4.60. The lowest BCUT2D eigenvalue weighted by Crippen LogP contribution is -2.56. The first-order valence-electron chi connectivity index (χ1n) is 6.21. The lowest BCUT2D eigenvalue weighted by molar-refractivity contribution is 0.141. The Morgan fingerprint density at radius 1 is 1.44 bits per heavy atom. The average Bonchev–Trinajstić information content (AvgIpc) is 2.66. The van der Waals surface area contributed by atoms with Crippen molar-refractivity contribution in [2.75, 3.05) is 24.6 Å². The molecule has 1 aromatic rings. The summed E-state index contributed by atoms with van der Waals surface area (Å²) in [4.78, 5) is 6.37. The van der Waals surface area contributed by atoms with Gasteiger partial charge >= 0.3 is 0 Å². The number of hydrogen-bond acceptors (Lipinski definition) is 5. The number of rotatable bonds is 2. The van der Waals surface area contributed by atoms with Gasteiger partial charge in [-0.2, -0.15) is 0 Å². The smallest absolute Gasteiger partial charge is 0.153 e. The molecule has 0 aliphatic carbocycles. The molecule has 18 heavy (non-hydrogen) atoms. The van der Waals surface area contributed by atoms with Crippen molar-refractivity contribution >= 4 is 9.84 Å². The lowest BCUT2D eigenvalue weighted by atomic mass is 10.1. The van der Waals surface area contributed by atoms with Gasteiger partial charge in [-0.3, -0.25) is 9.88 Å². The molecule has 1 N–H and O–H groups in total. The number of hydrogen-bond donors (Lipinski definition) is 1. The highest BCUT2D eigenvalue weighted by Crippen LogP contribution is 2.22. The van der Waals surface area contributed by atoms with E-state index in [-0.39, 0.29) is 23.6 Å². The summed E-state index contributed by atoms with van der Waals surface area (Å²) in [6.07, 6.45) is 3.60. The molecule has 1 aromatic heterocycles. The van der Waals surface area contributed by atoms with Crippen molar-refractivity contribution in [3.63, 3.8) is 0 Å². The van der Waals surface area contributed by atoms with E-state index in [1.54, 1.807) is 6.20 Å². The topological polar surface area (TPSA) is 62.3 Å². The molecule has 2 aliphatic rings. The first-order chi connectivity index (χ1) is 8.64. The van der Waals surface area contributed by atoms with Crippen LogP contribution >= 0.6 is 0 Å². The van der Waals surface area contributed by atoms with E-state index in [4.69, 9.17) is 0 Å². The van der Waals surface area contributed by atoms with Crippen LogP contribution in [-0.2, 0) is 16.4 Å². The Hall–Kier alpha value is -0.980. The van der Waals surface area contributed by atoms with Gasteiger partial charge in [0, 0.05) is 44.1 Å². The van der Waals surface area contributed by atoms with Crippen molar-refractivity contribution in [2.24, 2.45) is 0 Å². The quantitative estimate of drug-likeness (QED) is 0.794. The molecule has 0 amide bonds. The van der Waals surface area contributed by atoms with Crippen LogP contribution in [0.15, 0.2) is 24.5 Å². The van der Waals surface area contributed by atoms with Gasteiger partial charge in [0.1, 0.15) is 0 Å². The van der Waals surface area contributed by atoms with Crippen molar-refractivity contribution < 1.29 is 8.42 Å². The first-order valence-corrected chi connectivity index (χ1v) is 8.03. The van der Waals surface area contributed by atoms with Gasteiger partial charge in [-0.05, 0) is 11.6 Å². The minimum atomic E-state index is -2.87. The van der Waals surface area contributed by atoms with Crippen LogP contribution in [0.2, 0.25) is 0 Å². The van der Waals surface area contributed by atoms with Gasteiger partial charge in [-0.15, -0.1) is 0 Å². The van der Waals surface area contributed by atoms with Crippen LogP contribution in [0.3, 0.4) is 0 Å². The number of pyridine rings is 1. The molecule has 2 fully saturated rings. The molecule has 0 radical (unpaired) electrons. The fourth-order valence-corrected chi connectivity index (χ4v) is 4.85. The van der Waals surface area contributed by atoms with Crippen molar-refractivity contribution in [3.8, 4) is 0 Å². The van der Waals surface area contributed by atoms with Crippen LogP contribution < -0.4 is 5.32 Å². The van der Waals surface area contributed by atoms with Crippen molar-refractivity contribution in [3.05, 3.63) is 30.1 Å². The second-order valence-electron chi connectivity index (χ2n) is 5.04. The van der Waals surface area contributed by atoms with Gasteiger partial charge in [-0.1, -0.05) is 6.07 Å². The summed E-state index contributed by atoms with van der Waals surface area (Å²) in [6, 6.07) is 4.16. The van der Waals surface area contributed by atoms with E-state index in [1.165, 1.54) is 0 Å². The van der Waals surface area contributed by atoms with Crippen LogP contribution in [0.1, 0.15) is 5.56 Å². The maximum absolute atomic E-state index is 11.7. The normalized spacial score (nSPS) is 31.1. The number of aromatic nitrogens is 1. The van der Waals surface area contributed by atoms with Crippen molar-refractivity contribution in [2.45, 2.75) is 18.6 Å². The molecular weight excluding hydrogens is 250 g/mol. The SMILES string of the molecule is O=S1(=O)C[C@@H]2[C@@H](C1)NCCN2Cc1cccnc1. The Labute approximate surface area is 107 Å². The first kappa shape index (κ1) is 12.1. The molecule has 98 valence electrons. The van der Waals surface area contributed by atoms with Crippen LogP contribution in [-0.4, -0.2) is 55.0 Å². The molecular formula is C12H17N3O2S. The van der Waals surface area contributed by atoms with Crippen LogP contribution in [0.5, 0.6) is 0 Å². The van der Waals surface area contributed by atoms with E-state index in [1.807, 2.05) is 18.3 Å². The Bertz CT molecular complexity index is 517. The summed E-state index contributed by atoms with van der Waals surface area (Å²) in [7, 11) is -2.87. The van der Waals surface area contributed by atoms with E-state index >= 15 is 0 Å². The Balaban J connectivity index is 1.76. The summed E-state index contributed by atoms with van der Waals surface area (Å²) >= 11 is 0. The molecule has 0 spiro atoms. The van der Waals surface area contributed by atoms with Gasteiger partial charge < -0.3 is 5.32 Å². The monoisotopic (exact) mass is 267 g/mol. The molecule has 2 aliphatic heterocycles. The summed E-state index contributed by atoms with van der Waals surface area (Å²) in [5.41, 5.74) is 1.14. The second-order valence-corrected chi connectivity index (χ2v) is 7.19. The Morgan fingerprint density at radius 2 is 2.33 bits per heavy atom. The average molecular weight is 267 g/mol. The number of sulfone groups is 1. The van der Waals surface area contributed by atoms with E-state index in [9.17, 15) is 8.42 Å². The summed E-state index contributed by atoms with van der Waals surface area (Å²) in [6.45, 7) is 2.54. The molecule has 0 saturated carbocycles. The van der Waals surface area contributed by atoms with Gasteiger partial charge in [0.15, 0.2) is 9.84 Å². The maximum atomic E-state index is 11.7. The Morgan fingerprint density at radius 3 is 3.11 bits per heavy atom. The van der Waals surface area contributed by atoms with E-state index in [0.717, 1.165) is 25.2 Å². The van der Waals surface area contributed by atoms with E-state index in [0.29, 0.717) is 0 Å². The van der Waals surface area contributed by atoms with Gasteiger partial charge in [0.25, 0.3) is 0 Å². The predicted octanol–water partition coefficient (Wildman–Crippen LogP) is -0.348. The highest BCUT2D eigenvalue weighted by Gasteiger charge is 2.42. The van der Waals surface area contributed by atoms with Crippen molar-refractivity contribution in [1.29, 1.82) is 0 Å². The molecule has 3 rings (SSSR count). The third-order valence-corrected chi connectivity index (χ3v) is 5.42. The zero-order valence-electron chi connectivity index (χ0n) is 10.1. The maximum Gasteiger partial charge on any atom is 0.153 e. The number of fused-ring (bicyclic) bond motifs is 1. The Kier molecular flexibility index (Phi) is 3.09. The molecule has 0 aromatic carbocycles. The largest absolute Gasteiger partial charge is 0.310 e. The number of nitrogens with one attached hydrogen (secondary N) is 1. The zero-order valence-corrected chi connectivity index (χ0v) is 10.9. The van der Waals surface area contributed by atoms with E-state index < -0.39 is 9.84 Å². The standard InChI is InChI=1S/C12H17N3O2S/c16-18(17)8-11-12(9-18)15(5-4-14-11)7-10-2-1-3-13-6-10/h1-3,6,11-12,14H,4-5,7-9H2/t11-,12-/m1/s1. The van der Waals surface area contributed by atoms with Crippen LogP contribution in [0.25, 0.3) is 0 Å². The number of piperazine rings is 1. The van der Waals surface area contributed by atoms with Gasteiger partial charge in [-0.25, -0.2) is 8.42 Å². The summed E-state index contributed by atoms with van der Waals surface area (Å²) in [5.74, 6) is 0.562. The van der Waals surface area contributed by atoms with Crippen LogP contribution in [0.4, 0.5) is 0 Å². The zero-order chi connectivity index (χ0) is 12.6. The molecule has 0 bridgehead atoms. The third-order valence-electron chi connectivity index (χ3n) is 3.71. The lowest BCUT2D eigenvalue weighted by Gasteiger charge is -2.37. The molecule has 5 nitrogen and oxygen atoms in total. The fraction of sp³-hybridized carbons (Fsp3) is 0.583. The third kappa shape index (κ3) is 2.41. The molecule has 2 saturated heterocycles. The molecule has 2 atom stereocenters. The molecule has 0 unspecified atom stereocenters. The van der Waals surface area contributed by atoms with Gasteiger partial charge in [0.05, 0.1) is 11.5 Å². The van der Waals surface area contributed by atoms with Crippen molar-refractivity contribution in [1.82, 2.24) is 15.2 Å². The van der Waals surface area contributed by atoms with E-state index in [2.05, 4.69) is 15.2 Å². The summed E-state index contributed by atoms with van der Waals surface area (Å²) < 4.78 is 23.4. The minimum Gasteiger partial charge on any atom is -0.310 e. The van der Waals surface area contributed by atoms with Gasteiger partial charge in [0.2, 0.25) is 0 Å². The molecule has 3 heterocycles. The highest BCUT2D eigenvalue weighted by molar-refractivity contribution is 7.91. The summed E-state index contributed by atoms with van der Waals surface area (Å²) in [5, 5.41) is 3.32. The minimum absolute atomic E-state index is 0.0976. The van der Waals surface area contributed by atoms with Crippen LogP contribution in [0, 0.1) is 0 Å².